The predicted octanol–water partition coefficient (Wildman–Crippen LogP) is 1.12. The quantitative estimate of drug-likeness (QED) is 0.516. The van der Waals surface area contributed by atoms with E-state index in [0.29, 0.717) is 6.61 Å². The van der Waals surface area contributed by atoms with Crippen molar-refractivity contribution in [2.75, 3.05) is 19.8 Å². The van der Waals surface area contributed by atoms with Crippen molar-refractivity contribution < 1.29 is 14.6 Å². The molecule has 0 spiro atoms. The standard InChI is InChI=1S/C10H18O3/c1-2-3-6-12-9-5-4-7-13-10(9)8-11/h2,9-11H,1,3-8H2/t9-,10+/m0/s1. The summed E-state index contributed by atoms with van der Waals surface area (Å²) in [5.74, 6) is 0. The van der Waals surface area contributed by atoms with Gasteiger partial charge in [-0.05, 0) is 19.3 Å². The van der Waals surface area contributed by atoms with Gasteiger partial charge in [0.05, 0.1) is 19.3 Å². The maximum atomic E-state index is 8.99. The third kappa shape index (κ3) is 3.46. The normalized spacial score (nSPS) is 28.7. The fraction of sp³-hybridized carbons (Fsp3) is 0.800. The van der Waals surface area contributed by atoms with Gasteiger partial charge in [-0.1, -0.05) is 6.08 Å². The van der Waals surface area contributed by atoms with Crippen LogP contribution in [0.1, 0.15) is 19.3 Å². The number of aliphatic hydroxyl groups excluding tert-OH is 1. The maximum Gasteiger partial charge on any atom is 0.107 e. The molecule has 0 bridgehead atoms. The van der Waals surface area contributed by atoms with E-state index in [1.54, 1.807) is 0 Å². The average molecular weight is 186 g/mol. The molecular weight excluding hydrogens is 168 g/mol. The highest BCUT2D eigenvalue weighted by molar-refractivity contribution is 4.75. The van der Waals surface area contributed by atoms with Gasteiger partial charge in [0.15, 0.2) is 0 Å². The van der Waals surface area contributed by atoms with E-state index in [2.05, 4.69) is 6.58 Å². The minimum absolute atomic E-state index is 0.0543. The molecule has 0 unspecified atom stereocenters. The molecule has 1 saturated heterocycles. The summed E-state index contributed by atoms with van der Waals surface area (Å²) in [5.41, 5.74) is 0. The van der Waals surface area contributed by atoms with Crippen molar-refractivity contribution in [2.45, 2.75) is 31.5 Å². The van der Waals surface area contributed by atoms with Crippen LogP contribution < -0.4 is 0 Å². The first-order chi connectivity index (χ1) is 6.38. The molecule has 1 N–H and O–H groups in total. The van der Waals surface area contributed by atoms with Crippen molar-refractivity contribution >= 4 is 0 Å². The Hall–Kier alpha value is -0.380. The summed E-state index contributed by atoms with van der Waals surface area (Å²) < 4.78 is 10.9. The molecular formula is C10H18O3. The van der Waals surface area contributed by atoms with Gasteiger partial charge in [-0.15, -0.1) is 6.58 Å². The van der Waals surface area contributed by atoms with Gasteiger partial charge in [0.25, 0.3) is 0 Å². The van der Waals surface area contributed by atoms with E-state index in [0.717, 1.165) is 25.9 Å². The minimum Gasteiger partial charge on any atom is -0.394 e. The summed E-state index contributed by atoms with van der Waals surface area (Å²) in [5, 5.41) is 8.99. The van der Waals surface area contributed by atoms with E-state index in [-0.39, 0.29) is 18.8 Å². The first-order valence-electron chi connectivity index (χ1n) is 4.83. The molecule has 0 aromatic rings. The fourth-order valence-corrected chi connectivity index (χ4v) is 1.48. The molecule has 0 aromatic heterocycles. The monoisotopic (exact) mass is 186 g/mol. The van der Waals surface area contributed by atoms with Crippen LogP contribution in [0.15, 0.2) is 12.7 Å². The molecule has 13 heavy (non-hydrogen) atoms. The Labute approximate surface area is 79.3 Å². The van der Waals surface area contributed by atoms with Gasteiger partial charge in [-0.3, -0.25) is 0 Å². The van der Waals surface area contributed by atoms with Gasteiger partial charge in [0, 0.05) is 6.61 Å². The lowest BCUT2D eigenvalue weighted by Crippen LogP contribution is -2.38. The second-order valence-corrected chi connectivity index (χ2v) is 3.22. The molecule has 1 aliphatic heterocycles. The number of ether oxygens (including phenoxy) is 2. The number of aliphatic hydroxyl groups is 1. The van der Waals surface area contributed by atoms with Crippen LogP contribution in [0.25, 0.3) is 0 Å². The Bertz CT molecular complexity index is 147. The molecule has 76 valence electrons. The molecule has 1 rings (SSSR count). The fourth-order valence-electron chi connectivity index (χ4n) is 1.48. The van der Waals surface area contributed by atoms with Crippen LogP contribution >= 0.6 is 0 Å². The highest BCUT2D eigenvalue weighted by Crippen LogP contribution is 2.17. The topological polar surface area (TPSA) is 38.7 Å². The average Bonchev–Trinajstić information content (AvgIpc) is 2.19. The molecule has 0 amide bonds. The van der Waals surface area contributed by atoms with E-state index in [9.17, 15) is 0 Å². The molecule has 1 aliphatic rings. The van der Waals surface area contributed by atoms with Crippen LogP contribution in [0.4, 0.5) is 0 Å². The van der Waals surface area contributed by atoms with E-state index in [1.807, 2.05) is 6.08 Å². The SMILES string of the molecule is C=CCCO[C@H]1CCCO[C@@H]1CO. The Kier molecular flexibility index (Phi) is 5.05. The zero-order valence-electron chi connectivity index (χ0n) is 7.95. The second kappa shape index (κ2) is 6.13. The van der Waals surface area contributed by atoms with E-state index in [1.165, 1.54) is 0 Å². The minimum atomic E-state index is -0.126. The lowest BCUT2D eigenvalue weighted by Gasteiger charge is -2.30. The van der Waals surface area contributed by atoms with Crippen molar-refractivity contribution in [3.63, 3.8) is 0 Å². The van der Waals surface area contributed by atoms with Crippen molar-refractivity contribution in [2.24, 2.45) is 0 Å². The molecule has 0 radical (unpaired) electrons. The first kappa shape index (κ1) is 10.7. The van der Waals surface area contributed by atoms with Crippen molar-refractivity contribution in [3.05, 3.63) is 12.7 Å². The largest absolute Gasteiger partial charge is 0.394 e. The third-order valence-electron chi connectivity index (χ3n) is 2.21. The summed E-state index contributed by atoms with van der Waals surface area (Å²) in [4.78, 5) is 0. The molecule has 0 aliphatic carbocycles. The number of hydrogen-bond donors (Lipinski definition) is 1. The van der Waals surface area contributed by atoms with Crippen LogP contribution in [0.5, 0.6) is 0 Å². The summed E-state index contributed by atoms with van der Waals surface area (Å²) in [6.45, 7) is 5.09. The number of rotatable bonds is 5. The van der Waals surface area contributed by atoms with Gasteiger partial charge < -0.3 is 14.6 Å². The lowest BCUT2D eigenvalue weighted by molar-refractivity contribution is -0.120. The third-order valence-corrected chi connectivity index (χ3v) is 2.21. The van der Waals surface area contributed by atoms with Gasteiger partial charge in [0.2, 0.25) is 0 Å². The van der Waals surface area contributed by atoms with Crippen LogP contribution in [-0.4, -0.2) is 37.1 Å². The summed E-state index contributed by atoms with van der Waals surface area (Å²) in [7, 11) is 0. The van der Waals surface area contributed by atoms with Crippen LogP contribution in [-0.2, 0) is 9.47 Å². The number of hydrogen-bond acceptors (Lipinski definition) is 3. The van der Waals surface area contributed by atoms with Crippen LogP contribution in [0.2, 0.25) is 0 Å². The van der Waals surface area contributed by atoms with Crippen molar-refractivity contribution in [1.29, 1.82) is 0 Å². The van der Waals surface area contributed by atoms with E-state index < -0.39 is 0 Å². The molecule has 0 aromatic carbocycles. The van der Waals surface area contributed by atoms with Gasteiger partial charge in [0.1, 0.15) is 6.10 Å². The molecule has 0 saturated carbocycles. The predicted molar refractivity (Wildman–Crippen MR) is 50.6 cm³/mol. The molecule has 2 atom stereocenters. The zero-order valence-corrected chi connectivity index (χ0v) is 7.95. The smallest absolute Gasteiger partial charge is 0.107 e. The Morgan fingerprint density at radius 2 is 2.46 bits per heavy atom. The zero-order chi connectivity index (χ0) is 9.52. The van der Waals surface area contributed by atoms with Gasteiger partial charge in [-0.25, -0.2) is 0 Å². The second-order valence-electron chi connectivity index (χ2n) is 3.22. The summed E-state index contributed by atoms with van der Waals surface area (Å²) in [6.07, 6.45) is 4.64. The molecule has 3 heteroatoms. The summed E-state index contributed by atoms with van der Waals surface area (Å²) in [6, 6.07) is 0. The van der Waals surface area contributed by atoms with Gasteiger partial charge in [-0.2, -0.15) is 0 Å². The molecule has 1 heterocycles. The van der Waals surface area contributed by atoms with E-state index >= 15 is 0 Å². The highest BCUT2D eigenvalue weighted by Gasteiger charge is 2.25. The van der Waals surface area contributed by atoms with Crippen LogP contribution in [0, 0.1) is 0 Å². The lowest BCUT2D eigenvalue weighted by atomic mass is 10.1. The Morgan fingerprint density at radius 3 is 3.15 bits per heavy atom. The Balaban J connectivity index is 2.23. The highest BCUT2D eigenvalue weighted by atomic mass is 16.5. The van der Waals surface area contributed by atoms with Crippen LogP contribution in [0.3, 0.4) is 0 Å². The summed E-state index contributed by atoms with van der Waals surface area (Å²) >= 11 is 0. The van der Waals surface area contributed by atoms with Gasteiger partial charge >= 0.3 is 0 Å². The van der Waals surface area contributed by atoms with E-state index in [4.69, 9.17) is 14.6 Å². The molecule has 1 fully saturated rings. The Morgan fingerprint density at radius 1 is 1.62 bits per heavy atom. The van der Waals surface area contributed by atoms with Crippen molar-refractivity contribution in [3.8, 4) is 0 Å². The first-order valence-corrected chi connectivity index (χ1v) is 4.83. The molecule has 3 nitrogen and oxygen atoms in total. The van der Waals surface area contributed by atoms with Crippen molar-refractivity contribution in [1.82, 2.24) is 0 Å². The maximum absolute atomic E-state index is 8.99.